The second-order valence-electron chi connectivity index (χ2n) is 4.52. The Morgan fingerprint density at radius 1 is 0.905 bits per heavy atom. The van der Waals surface area contributed by atoms with Gasteiger partial charge in [-0.3, -0.25) is 0 Å². The SMILES string of the molecule is COc1cc(-c2ccc3nccn3c2)cc(OC)c1OC. The van der Waals surface area contributed by atoms with E-state index < -0.39 is 0 Å². The summed E-state index contributed by atoms with van der Waals surface area (Å²) in [6.07, 6.45) is 5.70. The molecule has 21 heavy (non-hydrogen) atoms. The summed E-state index contributed by atoms with van der Waals surface area (Å²) >= 11 is 0. The zero-order valence-electron chi connectivity index (χ0n) is 12.2. The number of benzene rings is 1. The van der Waals surface area contributed by atoms with Gasteiger partial charge in [-0.25, -0.2) is 4.98 Å². The van der Waals surface area contributed by atoms with Crippen LogP contribution in [0.4, 0.5) is 0 Å². The molecule has 0 aliphatic carbocycles. The third kappa shape index (κ3) is 2.27. The summed E-state index contributed by atoms with van der Waals surface area (Å²) in [6, 6.07) is 7.85. The number of ether oxygens (including phenoxy) is 3. The number of imidazole rings is 1. The molecule has 0 spiro atoms. The molecule has 0 bridgehead atoms. The third-order valence-electron chi connectivity index (χ3n) is 3.39. The van der Waals surface area contributed by atoms with E-state index in [-0.39, 0.29) is 0 Å². The number of rotatable bonds is 4. The highest BCUT2D eigenvalue weighted by atomic mass is 16.5. The number of hydrogen-bond donors (Lipinski definition) is 0. The molecule has 0 fully saturated rings. The molecular weight excluding hydrogens is 268 g/mol. The molecule has 0 unspecified atom stereocenters. The first-order valence-corrected chi connectivity index (χ1v) is 6.50. The molecule has 108 valence electrons. The average molecular weight is 284 g/mol. The van der Waals surface area contributed by atoms with Gasteiger partial charge in [-0.15, -0.1) is 0 Å². The number of methoxy groups -OCH3 is 3. The van der Waals surface area contributed by atoms with Crippen molar-refractivity contribution in [2.24, 2.45) is 0 Å². The molecule has 1 aromatic carbocycles. The predicted molar refractivity (Wildman–Crippen MR) is 80.3 cm³/mol. The minimum Gasteiger partial charge on any atom is -0.493 e. The van der Waals surface area contributed by atoms with E-state index in [9.17, 15) is 0 Å². The summed E-state index contributed by atoms with van der Waals surface area (Å²) in [5.74, 6) is 1.86. The summed E-state index contributed by atoms with van der Waals surface area (Å²) < 4.78 is 18.1. The molecule has 0 saturated heterocycles. The first-order chi connectivity index (χ1) is 10.3. The van der Waals surface area contributed by atoms with E-state index in [2.05, 4.69) is 4.98 Å². The lowest BCUT2D eigenvalue weighted by atomic mass is 10.1. The van der Waals surface area contributed by atoms with Crippen molar-refractivity contribution in [1.29, 1.82) is 0 Å². The fourth-order valence-corrected chi connectivity index (χ4v) is 2.34. The van der Waals surface area contributed by atoms with Gasteiger partial charge in [-0.2, -0.15) is 0 Å². The van der Waals surface area contributed by atoms with Gasteiger partial charge in [0.2, 0.25) is 5.75 Å². The van der Waals surface area contributed by atoms with Gasteiger partial charge >= 0.3 is 0 Å². The zero-order valence-corrected chi connectivity index (χ0v) is 12.2. The van der Waals surface area contributed by atoms with Gasteiger partial charge in [0.25, 0.3) is 0 Å². The molecule has 0 aliphatic rings. The standard InChI is InChI=1S/C16H16N2O3/c1-19-13-8-12(9-14(20-2)16(13)21-3)11-4-5-15-17-6-7-18(15)10-11/h4-10H,1-3H3. The van der Waals surface area contributed by atoms with E-state index in [0.717, 1.165) is 16.8 Å². The van der Waals surface area contributed by atoms with Crippen LogP contribution in [0.2, 0.25) is 0 Å². The molecule has 2 aromatic heterocycles. The molecule has 0 N–H and O–H groups in total. The first kappa shape index (κ1) is 13.3. The molecule has 0 amide bonds. The highest BCUT2D eigenvalue weighted by Gasteiger charge is 2.14. The average Bonchev–Trinajstić information content (AvgIpc) is 3.00. The lowest BCUT2D eigenvalue weighted by molar-refractivity contribution is 0.324. The van der Waals surface area contributed by atoms with Gasteiger partial charge < -0.3 is 18.6 Å². The fraction of sp³-hybridized carbons (Fsp3) is 0.188. The van der Waals surface area contributed by atoms with Crippen molar-refractivity contribution in [2.75, 3.05) is 21.3 Å². The number of pyridine rings is 1. The molecular formula is C16H16N2O3. The van der Waals surface area contributed by atoms with Crippen LogP contribution in [0.15, 0.2) is 42.9 Å². The largest absolute Gasteiger partial charge is 0.493 e. The minimum absolute atomic E-state index is 0.590. The van der Waals surface area contributed by atoms with Crippen LogP contribution < -0.4 is 14.2 Å². The van der Waals surface area contributed by atoms with Crippen LogP contribution in [0.1, 0.15) is 0 Å². The quantitative estimate of drug-likeness (QED) is 0.738. The van der Waals surface area contributed by atoms with E-state index >= 15 is 0 Å². The van der Waals surface area contributed by atoms with E-state index in [1.165, 1.54) is 0 Å². The monoisotopic (exact) mass is 284 g/mol. The topological polar surface area (TPSA) is 45.0 Å². The van der Waals surface area contributed by atoms with Crippen LogP contribution in [0.25, 0.3) is 16.8 Å². The normalized spacial score (nSPS) is 10.6. The van der Waals surface area contributed by atoms with Crippen LogP contribution in [-0.4, -0.2) is 30.7 Å². The second kappa shape index (κ2) is 5.36. The first-order valence-electron chi connectivity index (χ1n) is 6.50. The Balaban J connectivity index is 2.16. The van der Waals surface area contributed by atoms with Crippen molar-refractivity contribution >= 4 is 5.65 Å². The van der Waals surface area contributed by atoms with Gasteiger partial charge in [0, 0.05) is 18.6 Å². The van der Waals surface area contributed by atoms with Crippen molar-refractivity contribution in [3.05, 3.63) is 42.9 Å². The van der Waals surface area contributed by atoms with Crippen LogP contribution in [-0.2, 0) is 0 Å². The third-order valence-corrected chi connectivity index (χ3v) is 3.39. The maximum Gasteiger partial charge on any atom is 0.203 e. The number of fused-ring (bicyclic) bond motifs is 1. The van der Waals surface area contributed by atoms with Crippen molar-refractivity contribution in [1.82, 2.24) is 9.38 Å². The fourth-order valence-electron chi connectivity index (χ4n) is 2.34. The predicted octanol–water partition coefficient (Wildman–Crippen LogP) is 3.03. The Morgan fingerprint density at radius 2 is 1.62 bits per heavy atom. The number of aromatic nitrogens is 2. The Morgan fingerprint density at radius 3 is 2.24 bits per heavy atom. The van der Waals surface area contributed by atoms with Gasteiger partial charge in [-0.1, -0.05) is 0 Å². The van der Waals surface area contributed by atoms with Gasteiger partial charge in [0.15, 0.2) is 11.5 Å². The highest BCUT2D eigenvalue weighted by Crippen LogP contribution is 2.41. The zero-order chi connectivity index (χ0) is 14.8. The smallest absolute Gasteiger partial charge is 0.203 e. The van der Waals surface area contributed by atoms with E-state index in [1.54, 1.807) is 27.5 Å². The van der Waals surface area contributed by atoms with Gasteiger partial charge in [-0.05, 0) is 35.4 Å². The van der Waals surface area contributed by atoms with Crippen LogP contribution >= 0.6 is 0 Å². The maximum absolute atomic E-state index is 5.39. The number of nitrogens with zero attached hydrogens (tertiary/aromatic N) is 2. The van der Waals surface area contributed by atoms with Gasteiger partial charge in [0.05, 0.1) is 21.3 Å². The molecule has 0 radical (unpaired) electrons. The molecule has 5 heteroatoms. The van der Waals surface area contributed by atoms with E-state index in [4.69, 9.17) is 14.2 Å². The van der Waals surface area contributed by atoms with Crippen molar-refractivity contribution < 1.29 is 14.2 Å². The maximum atomic E-state index is 5.39. The molecule has 3 aromatic rings. The molecule has 0 atom stereocenters. The summed E-state index contributed by atoms with van der Waals surface area (Å²) in [6.45, 7) is 0. The Kier molecular flexibility index (Phi) is 3.39. The van der Waals surface area contributed by atoms with Crippen LogP contribution in [0.3, 0.4) is 0 Å². The Bertz CT molecular complexity index is 755. The van der Waals surface area contributed by atoms with E-state index in [1.807, 2.05) is 41.1 Å². The van der Waals surface area contributed by atoms with Crippen molar-refractivity contribution in [3.8, 4) is 28.4 Å². The van der Waals surface area contributed by atoms with Gasteiger partial charge in [0.1, 0.15) is 5.65 Å². The van der Waals surface area contributed by atoms with Crippen molar-refractivity contribution in [2.45, 2.75) is 0 Å². The molecule has 0 saturated carbocycles. The molecule has 0 aliphatic heterocycles. The van der Waals surface area contributed by atoms with Crippen LogP contribution in [0, 0.1) is 0 Å². The Hall–Kier alpha value is -2.69. The van der Waals surface area contributed by atoms with Crippen molar-refractivity contribution in [3.63, 3.8) is 0 Å². The highest BCUT2D eigenvalue weighted by molar-refractivity contribution is 5.71. The van der Waals surface area contributed by atoms with E-state index in [0.29, 0.717) is 17.2 Å². The lowest BCUT2D eigenvalue weighted by Gasteiger charge is -2.14. The molecule has 3 rings (SSSR count). The van der Waals surface area contributed by atoms with Crippen LogP contribution in [0.5, 0.6) is 17.2 Å². The Labute approximate surface area is 122 Å². The molecule has 5 nitrogen and oxygen atoms in total. The lowest BCUT2D eigenvalue weighted by Crippen LogP contribution is -1.96. The summed E-state index contributed by atoms with van der Waals surface area (Å²) in [7, 11) is 4.82. The summed E-state index contributed by atoms with van der Waals surface area (Å²) in [5.41, 5.74) is 2.94. The second-order valence-corrected chi connectivity index (χ2v) is 4.52. The summed E-state index contributed by atoms with van der Waals surface area (Å²) in [4.78, 5) is 4.24. The minimum atomic E-state index is 0.590. The number of hydrogen-bond acceptors (Lipinski definition) is 4. The molecule has 2 heterocycles. The summed E-state index contributed by atoms with van der Waals surface area (Å²) in [5, 5.41) is 0.